The van der Waals surface area contributed by atoms with Gasteiger partial charge in [-0.2, -0.15) is 0 Å². The molecule has 0 aliphatic rings. The van der Waals surface area contributed by atoms with Crippen molar-refractivity contribution in [3.05, 3.63) is 76.6 Å². The van der Waals surface area contributed by atoms with Gasteiger partial charge in [0.05, 0.1) is 16.7 Å². The molecule has 166 valence electrons. The van der Waals surface area contributed by atoms with Crippen LogP contribution < -0.4 is 5.56 Å². The summed E-state index contributed by atoms with van der Waals surface area (Å²) >= 11 is 1.40. The molecule has 0 aliphatic carbocycles. The molecule has 8 nitrogen and oxygen atoms in total. The van der Waals surface area contributed by atoms with Gasteiger partial charge in [0.15, 0.2) is 5.16 Å². The SMILES string of the molecule is CCCn1c(SCc2nnc(-c3c(-c4ccccc4)noc3C)o2)nc2ccccc2c1=O. The van der Waals surface area contributed by atoms with Gasteiger partial charge in [-0.3, -0.25) is 9.36 Å². The largest absolute Gasteiger partial charge is 0.420 e. The zero-order valence-electron chi connectivity index (χ0n) is 18.2. The average Bonchev–Trinajstić information content (AvgIpc) is 3.46. The Morgan fingerprint density at radius 3 is 2.64 bits per heavy atom. The van der Waals surface area contributed by atoms with Crippen LogP contribution in [0, 0.1) is 6.92 Å². The molecule has 0 spiro atoms. The number of nitrogens with zero attached hydrogens (tertiary/aromatic N) is 5. The molecular formula is C24H21N5O3S. The highest BCUT2D eigenvalue weighted by Gasteiger charge is 2.22. The fourth-order valence-electron chi connectivity index (χ4n) is 3.63. The summed E-state index contributed by atoms with van der Waals surface area (Å²) in [4.78, 5) is 17.7. The van der Waals surface area contributed by atoms with Crippen LogP contribution in [-0.2, 0) is 12.3 Å². The standard InChI is InChI=1S/C24H21N5O3S/c1-3-13-29-23(30)17-11-7-8-12-18(17)25-24(29)33-14-19-26-27-22(31-19)20-15(2)32-28-21(20)16-9-5-4-6-10-16/h4-12H,3,13-14H2,1-2H3. The molecule has 0 saturated carbocycles. The number of aryl methyl sites for hydroxylation is 1. The maximum atomic E-state index is 13.0. The minimum absolute atomic E-state index is 0.0382. The van der Waals surface area contributed by atoms with E-state index in [2.05, 4.69) is 15.4 Å². The van der Waals surface area contributed by atoms with Crippen molar-refractivity contribution < 1.29 is 8.94 Å². The maximum absolute atomic E-state index is 13.0. The Labute approximate surface area is 193 Å². The Morgan fingerprint density at radius 1 is 1.03 bits per heavy atom. The molecule has 0 bridgehead atoms. The highest BCUT2D eigenvalue weighted by atomic mass is 32.2. The van der Waals surface area contributed by atoms with Crippen molar-refractivity contribution in [2.75, 3.05) is 0 Å². The Bertz CT molecular complexity index is 1470. The zero-order valence-corrected chi connectivity index (χ0v) is 19.0. The second-order valence-corrected chi connectivity index (χ2v) is 8.43. The summed E-state index contributed by atoms with van der Waals surface area (Å²) in [6, 6.07) is 17.1. The molecule has 9 heteroatoms. The summed E-state index contributed by atoms with van der Waals surface area (Å²) in [7, 11) is 0. The van der Waals surface area contributed by atoms with Crippen LogP contribution in [0.4, 0.5) is 0 Å². The highest BCUT2D eigenvalue weighted by Crippen LogP contribution is 2.34. The summed E-state index contributed by atoms with van der Waals surface area (Å²) in [6.07, 6.45) is 0.827. The molecular weight excluding hydrogens is 438 g/mol. The Balaban J connectivity index is 1.44. The average molecular weight is 460 g/mol. The topological polar surface area (TPSA) is 99.8 Å². The molecule has 0 amide bonds. The molecule has 33 heavy (non-hydrogen) atoms. The van der Waals surface area contributed by atoms with E-state index < -0.39 is 0 Å². The Hall–Kier alpha value is -3.72. The van der Waals surface area contributed by atoms with E-state index in [1.165, 1.54) is 11.8 Å². The third kappa shape index (κ3) is 4.07. The van der Waals surface area contributed by atoms with Gasteiger partial charge in [0.1, 0.15) is 17.0 Å². The van der Waals surface area contributed by atoms with Crippen molar-refractivity contribution in [3.63, 3.8) is 0 Å². The van der Waals surface area contributed by atoms with Crippen molar-refractivity contribution in [3.8, 4) is 22.7 Å². The summed E-state index contributed by atoms with van der Waals surface area (Å²) in [5, 5.41) is 13.9. The first-order chi connectivity index (χ1) is 16.2. The van der Waals surface area contributed by atoms with Crippen LogP contribution >= 0.6 is 11.8 Å². The molecule has 3 aromatic heterocycles. The molecule has 0 N–H and O–H groups in total. The van der Waals surface area contributed by atoms with E-state index in [9.17, 15) is 4.79 Å². The van der Waals surface area contributed by atoms with E-state index in [0.29, 0.717) is 57.2 Å². The van der Waals surface area contributed by atoms with Gasteiger partial charge >= 0.3 is 0 Å². The number of thioether (sulfide) groups is 1. The van der Waals surface area contributed by atoms with Crippen LogP contribution in [-0.4, -0.2) is 24.9 Å². The van der Waals surface area contributed by atoms with E-state index in [1.54, 1.807) is 10.6 Å². The smallest absolute Gasteiger partial charge is 0.262 e. The molecule has 0 saturated heterocycles. The van der Waals surface area contributed by atoms with E-state index in [4.69, 9.17) is 13.9 Å². The summed E-state index contributed by atoms with van der Waals surface area (Å²) in [5.74, 6) is 1.76. The minimum Gasteiger partial charge on any atom is -0.420 e. The van der Waals surface area contributed by atoms with Crippen molar-refractivity contribution in [1.82, 2.24) is 24.9 Å². The summed E-state index contributed by atoms with van der Waals surface area (Å²) in [5.41, 5.74) is 2.88. The quantitative estimate of drug-likeness (QED) is 0.244. The van der Waals surface area contributed by atoms with Crippen molar-refractivity contribution in [2.45, 2.75) is 37.7 Å². The van der Waals surface area contributed by atoms with Crippen LogP contribution in [0.1, 0.15) is 25.0 Å². The van der Waals surface area contributed by atoms with Crippen molar-refractivity contribution >= 4 is 22.7 Å². The first kappa shape index (κ1) is 21.1. The minimum atomic E-state index is -0.0382. The van der Waals surface area contributed by atoms with Gasteiger partial charge in [0.25, 0.3) is 11.4 Å². The highest BCUT2D eigenvalue weighted by molar-refractivity contribution is 7.98. The molecule has 0 atom stereocenters. The number of fused-ring (bicyclic) bond motifs is 1. The van der Waals surface area contributed by atoms with Crippen molar-refractivity contribution in [1.29, 1.82) is 0 Å². The Morgan fingerprint density at radius 2 is 1.82 bits per heavy atom. The van der Waals surface area contributed by atoms with Gasteiger partial charge in [-0.1, -0.05) is 66.3 Å². The molecule has 0 radical (unpaired) electrons. The normalized spacial score (nSPS) is 11.3. The molecule has 3 heterocycles. The first-order valence-corrected chi connectivity index (χ1v) is 11.6. The van der Waals surface area contributed by atoms with E-state index in [1.807, 2.05) is 62.4 Å². The lowest BCUT2D eigenvalue weighted by atomic mass is 10.1. The van der Waals surface area contributed by atoms with Crippen LogP contribution in [0.5, 0.6) is 0 Å². The van der Waals surface area contributed by atoms with Gasteiger partial charge in [-0.25, -0.2) is 4.98 Å². The van der Waals surface area contributed by atoms with Crippen LogP contribution in [0.2, 0.25) is 0 Å². The van der Waals surface area contributed by atoms with Gasteiger partial charge in [0, 0.05) is 12.1 Å². The lowest BCUT2D eigenvalue weighted by Gasteiger charge is -2.11. The Kier molecular flexibility index (Phi) is 5.78. The monoisotopic (exact) mass is 459 g/mol. The van der Waals surface area contributed by atoms with Crippen LogP contribution in [0.25, 0.3) is 33.6 Å². The summed E-state index contributed by atoms with van der Waals surface area (Å²) < 4.78 is 13.1. The predicted octanol–water partition coefficient (Wildman–Crippen LogP) is 5.11. The second-order valence-electron chi connectivity index (χ2n) is 7.49. The number of hydrogen-bond donors (Lipinski definition) is 0. The molecule has 0 aliphatic heterocycles. The number of hydrogen-bond acceptors (Lipinski definition) is 8. The number of para-hydroxylation sites is 1. The first-order valence-electron chi connectivity index (χ1n) is 10.6. The van der Waals surface area contributed by atoms with E-state index in [-0.39, 0.29) is 5.56 Å². The molecule has 5 aromatic rings. The van der Waals surface area contributed by atoms with Crippen LogP contribution in [0.15, 0.2) is 73.5 Å². The molecule has 0 fully saturated rings. The lowest BCUT2D eigenvalue weighted by Crippen LogP contribution is -2.23. The van der Waals surface area contributed by atoms with Crippen molar-refractivity contribution in [2.24, 2.45) is 0 Å². The molecule has 2 aromatic carbocycles. The third-order valence-electron chi connectivity index (χ3n) is 5.19. The number of benzene rings is 2. The summed E-state index contributed by atoms with van der Waals surface area (Å²) in [6.45, 7) is 4.44. The fraction of sp³-hybridized carbons (Fsp3) is 0.208. The predicted molar refractivity (Wildman–Crippen MR) is 126 cm³/mol. The van der Waals surface area contributed by atoms with E-state index >= 15 is 0 Å². The van der Waals surface area contributed by atoms with Crippen LogP contribution in [0.3, 0.4) is 0 Å². The van der Waals surface area contributed by atoms with Gasteiger partial charge < -0.3 is 8.94 Å². The second kappa shape index (κ2) is 9.03. The maximum Gasteiger partial charge on any atom is 0.262 e. The van der Waals surface area contributed by atoms with Gasteiger partial charge in [0.2, 0.25) is 5.89 Å². The number of rotatable bonds is 7. The van der Waals surface area contributed by atoms with Gasteiger partial charge in [-0.15, -0.1) is 10.2 Å². The zero-order chi connectivity index (χ0) is 22.8. The number of aromatic nitrogens is 5. The lowest BCUT2D eigenvalue weighted by molar-refractivity contribution is 0.399. The van der Waals surface area contributed by atoms with Gasteiger partial charge in [-0.05, 0) is 25.5 Å². The molecule has 5 rings (SSSR count). The van der Waals surface area contributed by atoms with E-state index in [0.717, 1.165) is 12.0 Å². The fourth-order valence-corrected chi connectivity index (χ4v) is 4.50. The third-order valence-corrected chi connectivity index (χ3v) is 6.15. The molecule has 0 unspecified atom stereocenters.